The second kappa shape index (κ2) is 6.11. The molecule has 1 atom stereocenters. The van der Waals surface area contributed by atoms with Gasteiger partial charge in [-0.05, 0) is 39.7 Å². The standard InChI is InChI=1S/C12H26N2O/c1-6-12(3,4)14(5)11(15)10(2)8-7-9-13/h10H,6-9,13H2,1-5H3. The fourth-order valence-corrected chi connectivity index (χ4v) is 1.41. The molecular formula is C12H26N2O. The Kier molecular flexibility index (Phi) is 5.88. The number of hydrogen-bond acceptors (Lipinski definition) is 2. The third-order valence-corrected chi connectivity index (χ3v) is 3.37. The lowest BCUT2D eigenvalue weighted by atomic mass is 9.96. The first-order valence-corrected chi connectivity index (χ1v) is 5.84. The highest BCUT2D eigenvalue weighted by Crippen LogP contribution is 2.20. The summed E-state index contributed by atoms with van der Waals surface area (Å²) in [5, 5.41) is 0. The van der Waals surface area contributed by atoms with Gasteiger partial charge in [0, 0.05) is 18.5 Å². The van der Waals surface area contributed by atoms with Gasteiger partial charge in [0.15, 0.2) is 0 Å². The lowest BCUT2D eigenvalue weighted by molar-refractivity contribution is -0.138. The van der Waals surface area contributed by atoms with Crippen LogP contribution in [0.25, 0.3) is 0 Å². The maximum atomic E-state index is 12.0. The Bertz CT molecular complexity index is 202. The maximum absolute atomic E-state index is 12.0. The summed E-state index contributed by atoms with van der Waals surface area (Å²) in [6, 6.07) is 0. The molecule has 1 unspecified atom stereocenters. The van der Waals surface area contributed by atoms with Crippen LogP contribution in [0, 0.1) is 5.92 Å². The zero-order valence-electron chi connectivity index (χ0n) is 10.8. The lowest BCUT2D eigenvalue weighted by Crippen LogP contribution is -2.46. The molecule has 15 heavy (non-hydrogen) atoms. The van der Waals surface area contributed by atoms with Gasteiger partial charge in [0.2, 0.25) is 5.91 Å². The summed E-state index contributed by atoms with van der Waals surface area (Å²) >= 11 is 0. The Labute approximate surface area is 94.0 Å². The number of amides is 1. The van der Waals surface area contributed by atoms with Gasteiger partial charge in [0.05, 0.1) is 0 Å². The molecule has 0 aromatic rings. The van der Waals surface area contributed by atoms with Crippen LogP contribution < -0.4 is 5.73 Å². The van der Waals surface area contributed by atoms with E-state index in [9.17, 15) is 4.79 Å². The van der Waals surface area contributed by atoms with Crippen LogP contribution in [0.4, 0.5) is 0 Å². The predicted octanol–water partition coefficient (Wildman–Crippen LogP) is 2.01. The van der Waals surface area contributed by atoms with Crippen LogP contribution >= 0.6 is 0 Å². The fourth-order valence-electron chi connectivity index (χ4n) is 1.41. The molecule has 0 heterocycles. The van der Waals surface area contributed by atoms with E-state index in [1.165, 1.54) is 0 Å². The molecule has 0 aliphatic rings. The van der Waals surface area contributed by atoms with Crippen LogP contribution in [-0.4, -0.2) is 29.9 Å². The third kappa shape index (κ3) is 4.20. The van der Waals surface area contributed by atoms with Crippen molar-refractivity contribution in [1.82, 2.24) is 4.90 Å². The molecule has 1 amide bonds. The van der Waals surface area contributed by atoms with Gasteiger partial charge in [0.1, 0.15) is 0 Å². The van der Waals surface area contributed by atoms with E-state index in [0.29, 0.717) is 6.54 Å². The van der Waals surface area contributed by atoms with Gasteiger partial charge in [-0.2, -0.15) is 0 Å². The van der Waals surface area contributed by atoms with Gasteiger partial charge in [-0.15, -0.1) is 0 Å². The van der Waals surface area contributed by atoms with Crippen LogP contribution in [0.15, 0.2) is 0 Å². The first kappa shape index (κ1) is 14.4. The molecule has 90 valence electrons. The Morgan fingerprint density at radius 1 is 1.47 bits per heavy atom. The number of carbonyl (C=O) groups is 1. The van der Waals surface area contributed by atoms with Crippen LogP contribution in [0.1, 0.15) is 47.0 Å². The van der Waals surface area contributed by atoms with Crippen molar-refractivity contribution < 1.29 is 4.79 Å². The summed E-state index contributed by atoms with van der Waals surface area (Å²) in [6.07, 6.45) is 2.78. The molecule has 2 N–H and O–H groups in total. The second-order valence-corrected chi connectivity index (χ2v) is 4.90. The highest BCUT2D eigenvalue weighted by Gasteiger charge is 2.28. The molecule has 0 aromatic heterocycles. The molecule has 0 bridgehead atoms. The summed E-state index contributed by atoms with van der Waals surface area (Å²) < 4.78 is 0. The van der Waals surface area contributed by atoms with Gasteiger partial charge in [0.25, 0.3) is 0 Å². The zero-order chi connectivity index (χ0) is 12.1. The van der Waals surface area contributed by atoms with Crippen molar-refractivity contribution >= 4 is 5.91 Å². The molecule has 0 fully saturated rings. The van der Waals surface area contributed by atoms with E-state index in [0.717, 1.165) is 19.3 Å². The summed E-state index contributed by atoms with van der Waals surface area (Å²) in [4.78, 5) is 13.9. The lowest BCUT2D eigenvalue weighted by Gasteiger charge is -2.36. The summed E-state index contributed by atoms with van der Waals surface area (Å²) in [5.74, 6) is 0.319. The van der Waals surface area contributed by atoms with Gasteiger partial charge in [-0.25, -0.2) is 0 Å². The minimum atomic E-state index is -0.0476. The SMILES string of the molecule is CCC(C)(C)N(C)C(=O)C(C)CCCN. The van der Waals surface area contributed by atoms with Crippen molar-refractivity contribution in [1.29, 1.82) is 0 Å². The first-order valence-electron chi connectivity index (χ1n) is 5.84. The van der Waals surface area contributed by atoms with Crippen molar-refractivity contribution in [2.24, 2.45) is 11.7 Å². The van der Waals surface area contributed by atoms with E-state index in [1.807, 2.05) is 18.9 Å². The summed E-state index contributed by atoms with van der Waals surface area (Å²) in [5.41, 5.74) is 5.39. The molecule has 0 aliphatic heterocycles. The van der Waals surface area contributed by atoms with Crippen LogP contribution in [0.3, 0.4) is 0 Å². The molecular weight excluding hydrogens is 188 g/mol. The summed E-state index contributed by atoms with van der Waals surface area (Å²) in [7, 11) is 1.89. The first-order chi connectivity index (χ1) is 6.86. The monoisotopic (exact) mass is 214 g/mol. The molecule has 0 spiro atoms. The average Bonchev–Trinajstić information content (AvgIpc) is 2.23. The van der Waals surface area contributed by atoms with Crippen molar-refractivity contribution in [2.75, 3.05) is 13.6 Å². The van der Waals surface area contributed by atoms with E-state index in [-0.39, 0.29) is 17.4 Å². The number of nitrogens with zero attached hydrogens (tertiary/aromatic N) is 1. The molecule has 0 saturated carbocycles. The van der Waals surface area contributed by atoms with Crippen LogP contribution in [0.5, 0.6) is 0 Å². The van der Waals surface area contributed by atoms with Crippen molar-refractivity contribution in [3.05, 3.63) is 0 Å². The number of hydrogen-bond donors (Lipinski definition) is 1. The second-order valence-electron chi connectivity index (χ2n) is 4.90. The van der Waals surface area contributed by atoms with Gasteiger partial charge < -0.3 is 10.6 Å². The van der Waals surface area contributed by atoms with Crippen molar-refractivity contribution in [3.8, 4) is 0 Å². The van der Waals surface area contributed by atoms with Crippen LogP contribution in [0.2, 0.25) is 0 Å². The van der Waals surface area contributed by atoms with E-state index in [2.05, 4.69) is 20.8 Å². The van der Waals surface area contributed by atoms with Gasteiger partial charge >= 0.3 is 0 Å². The van der Waals surface area contributed by atoms with E-state index in [1.54, 1.807) is 0 Å². The smallest absolute Gasteiger partial charge is 0.225 e. The molecule has 0 aliphatic carbocycles. The molecule has 0 radical (unpaired) electrons. The Morgan fingerprint density at radius 2 is 2.00 bits per heavy atom. The highest BCUT2D eigenvalue weighted by molar-refractivity contribution is 5.78. The average molecular weight is 214 g/mol. The summed E-state index contributed by atoms with van der Waals surface area (Å²) in [6.45, 7) is 8.95. The zero-order valence-corrected chi connectivity index (χ0v) is 10.8. The Balaban J connectivity index is 4.31. The molecule has 0 rings (SSSR count). The maximum Gasteiger partial charge on any atom is 0.225 e. The fraction of sp³-hybridized carbons (Fsp3) is 0.917. The van der Waals surface area contributed by atoms with Crippen molar-refractivity contribution in [3.63, 3.8) is 0 Å². The van der Waals surface area contributed by atoms with E-state index in [4.69, 9.17) is 5.73 Å². The molecule has 3 nitrogen and oxygen atoms in total. The Morgan fingerprint density at radius 3 is 2.40 bits per heavy atom. The quantitative estimate of drug-likeness (QED) is 0.735. The number of rotatable bonds is 6. The normalized spacial score (nSPS) is 13.7. The minimum absolute atomic E-state index is 0.0476. The highest BCUT2D eigenvalue weighted by atomic mass is 16.2. The van der Waals surface area contributed by atoms with Crippen molar-refractivity contribution in [2.45, 2.75) is 52.5 Å². The van der Waals surface area contributed by atoms with Gasteiger partial charge in [-0.1, -0.05) is 13.8 Å². The van der Waals surface area contributed by atoms with Gasteiger partial charge in [-0.3, -0.25) is 4.79 Å². The minimum Gasteiger partial charge on any atom is -0.340 e. The number of nitrogens with two attached hydrogens (primary N) is 1. The molecule has 3 heteroatoms. The predicted molar refractivity (Wildman–Crippen MR) is 64.6 cm³/mol. The topological polar surface area (TPSA) is 46.3 Å². The van der Waals surface area contributed by atoms with E-state index < -0.39 is 0 Å². The molecule has 0 aromatic carbocycles. The van der Waals surface area contributed by atoms with E-state index >= 15 is 0 Å². The number of carbonyl (C=O) groups excluding carboxylic acids is 1. The largest absolute Gasteiger partial charge is 0.340 e. The van der Waals surface area contributed by atoms with Crippen LogP contribution in [-0.2, 0) is 4.79 Å². The Hall–Kier alpha value is -0.570. The third-order valence-electron chi connectivity index (χ3n) is 3.37. The molecule has 0 saturated heterocycles.